The summed E-state index contributed by atoms with van der Waals surface area (Å²) in [6, 6.07) is 0. The quantitative estimate of drug-likeness (QED) is 0.848. The van der Waals surface area contributed by atoms with E-state index >= 15 is 0 Å². The molecule has 4 nitrogen and oxygen atoms in total. The molecule has 2 rings (SSSR count). The molecule has 1 heterocycles. The highest BCUT2D eigenvalue weighted by Crippen LogP contribution is 2.29. The van der Waals surface area contributed by atoms with Crippen molar-refractivity contribution in [2.45, 2.75) is 38.5 Å². The molecule has 5 heteroatoms. The fourth-order valence-corrected chi connectivity index (χ4v) is 2.57. The van der Waals surface area contributed by atoms with Crippen LogP contribution in [0.4, 0.5) is 5.13 Å². The third-order valence-corrected chi connectivity index (χ3v) is 4.25. The number of nitrogens with zero attached hydrogens (tertiary/aromatic N) is 1. The molecule has 1 aliphatic carbocycles. The minimum Gasteiger partial charge on any atom is -0.481 e. The zero-order valence-electron chi connectivity index (χ0n) is 10.2. The van der Waals surface area contributed by atoms with Gasteiger partial charge in [-0.1, -0.05) is 6.42 Å². The van der Waals surface area contributed by atoms with Gasteiger partial charge in [0.1, 0.15) is 5.41 Å². The summed E-state index contributed by atoms with van der Waals surface area (Å²) >= 11 is 1.48. The molecule has 17 heavy (non-hydrogen) atoms. The van der Waals surface area contributed by atoms with Gasteiger partial charge >= 0.3 is 5.97 Å². The Bertz CT molecular complexity index is 410. The maximum absolute atomic E-state index is 11.1. The van der Waals surface area contributed by atoms with E-state index in [1.807, 2.05) is 5.38 Å². The van der Waals surface area contributed by atoms with Crippen LogP contribution in [0.3, 0.4) is 0 Å². The summed E-state index contributed by atoms with van der Waals surface area (Å²) in [5.41, 5.74) is -0.279. The van der Waals surface area contributed by atoms with Gasteiger partial charge in [0.25, 0.3) is 0 Å². The van der Waals surface area contributed by atoms with Crippen LogP contribution in [-0.4, -0.2) is 22.6 Å². The Kier molecular flexibility index (Phi) is 3.38. The summed E-state index contributed by atoms with van der Waals surface area (Å²) < 4.78 is 0. The van der Waals surface area contributed by atoms with Crippen molar-refractivity contribution in [1.29, 1.82) is 0 Å². The fraction of sp³-hybridized carbons (Fsp3) is 0.667. The molecule has 0 aliphatic heterocycles. The Morgan fingerprint density at radius 1 is 1.65 bits per heavy atom. The minimum absolute atomic E-state index is 0.631. The van der Waals surface area contributed by atoms with Crippen molar-refractivity contribution in [3.05, 3.63) is 11.1 Å². The van der Waals surface area contributed by atoms with Gasteiger partial charge in [0.05, 0.1) is 5.69 Å². The van der Waals surface area contributed by atoms with Crippen molar-refractivity contribution in [1.82, 2.24) is 4.98 Å². The van der Waals surface area contributed by atoms with Crippen molar-refractivity contribution in [3.63, 3.8) is 0 Å². The SMILES string of the molecule is CC(C)(C(=O)O)c1csc(NCC2CCC2)n1. The number of hydrogen-bond acceptors (Lipinski definition) is 4. The highest BCUT2D eigenvalue weighted by Gasteiger charge is 2.32. The Balaban J connectivity index is 1.97. The fourth-order valence-electron chi connectivity index (χ4n) is 1.68. The standard InChI is InChI=1S/C12H18N2O2S/c1-12(2,10(15)16)9-7-17-11(14-9)13-6-8-4-3-5-8/h7-8H,3-6H2,1-2H3,(H,13,14)(H,15,16). The van der Waals surface area contributed by atoms with Crippen LogP contribution in [0, 0.1) is 5.92 Å². The average molecular weight is 254 g/mol. The number of carboxylic acid groups (broad SMARTS) is 1. The molecule has 1 saturated carbocycles. The third kappa shape index (κ3) is 2.60. The van der Waals surface area contributed by atoms with E-state index in [2.05, 4.69) is 10.3 Å². The summed E-state index contributed by atoms with van der Waals surface area (Å²) in [7, 11) is 0. The van der Waals surface area contributed by atoms with Gasteiger partial charge in [-0.25, -0.2) is 4.98 Å². The van der Waals surface area contributed by atoms with Gasteiger partial charge in [-0.15, -0.1) is 11.3 Å². The topological polar surface area (TPSA) is 62.2 Å². The van der Waals surface area contributed by atoms with E-state index in [9.17, 15) is 4.79 Å². The van der Waals surface area contributed by atoms with Crippen LogP contribution in [0.2, 0.25) is 0 Å². The molecule has 0 aromatic carbocycles. The molecule has 1 aromatic heterocycles. The minimum atomic E-state index is -0.910. The van der Waals surface area contributed by atoms with Crippen LogP contribution >= 0.6 is 11.3 Å². The van der Waals surface area contributed by atoms with Crippen LogP contribution in [0.1, 0.15) is 38.8 Å². The summed E-state index contributed by atoms with van der Waals surface area (Å²) in [5.74, 6) is -0.0665. The van der Waals surface area contributed by atoms with E-state index < -0.39 is 11.4 Å². The molecule has 0 bridgehead atoms. The number of carbonyl (C=O) groups is 1. The largest absolute Gasteiger partial charge is 0.481 e. The molecule has 0 amide bonds. The van der Waals surface area contributed by atoms with Crippen LogP contribution in [0.5, 0.6) is 0 Å². The maximum atomic E-state index is 11.1. The third-order valence-electron chi connectivity index (χ3n) is 3.45. The molecule has 0 atom stereocenters. The van der Waals surface area contributed by atoms with Crippen molar-refractivity contribution in [2.75, 3.05) is 11.9 Å². The Morgan fingerprint density at radius 2 is 2.35 bits per heavy atom. The first-order valence-corrected chi connectivity index (χ1v) is 6.81. The zero-order valence-corrected chi connectivity index (χ0v) is 11.0. The number of nitrogens with one attached hydrogen (secondary N) is 1. The lowest BCUT2D eigenvalue weighted by Gasteiger charge is -2.25. The summed E-state index contributed by atoms with van der Waals surface area (Å²) in [5, 5.41) is 15.1. The Morgan fingerprint density at radius 3 is 2.88 bits per heavy atom. The van der Waals surface area contributed by atoms with Crippen LogP contribution in [-0.2, 0) is 10.2 Å². The predicted molar refractivity (Wildman–Crippen MR) is 68.6 cm³/mol. The van der Waals surface area contributed by atoms with Crippen LogP contribution < -0.4 is 5.32 Å². The van der Waals surface area contributed by atoms with Gasteiger partial charge in [0.2, 0.25) is 0 Å². The van der Waals surface area contributed by atoms with Gasteiger partial charge in [0.15, 0.2) is 5.13 Å². The number of thiazole rings is 1. The second kappa shape index (κ2) is 4.64. The maximum Gasteiger partial charge on any atom is 0.315 e. The van der Waals surface area contributed by atoms with E-state index in [0.29, 0.717) is 5.69 Å². The number of aromatic nitrogens is 1. The van der Waals surface area contributed by atoms with Gasteiger partial charge < -0.3 is 10.4 Å². The molecular weight excluding hydrogens is 236 g/mol. The van der Waals surface area contributed by atoms with Gasteiger partial charge in [0, 0.05) is 11.9 Å². The highest BCUT2D eigenvalue weighted by atomic mass is 32.1. The van der Waals surface area contributed by atoms with Crippen LogP contribution in [0.25, 0.3) is 0 Å². The molecule has 1 aliphatic rings. The molecule has 2 N–H and O–H groups in total. The lowest BCUT2D eigenvalue weighted by atomic mass is 9.85. The Hall–Kier alpha value is -1.10. The second-order valence-electron chi connectivity index (χ2n) is 5.15. The van der Waals surface area contributed by atoms with Crippen LogP contribution in [0.15, 0.2) is 5.38 Å². The van der Waals surface area contributed by atoms with E-state index in [4.69, 9.17) is 5.11 Å². The first-order chi connectivity index (χ1) is 8.00. The lowest BCUT2D eigenvalue weighted by molar-refractivity contribution is -0.142. The first kappa shape index (κ1) is 12.4. The molecule has 94 valence electrons. The van der Waals surface area contributed by atoms with Crippen molar-refractivity contribution in [3.8, 4) is 0 Å². The van der Waals surface area contributed by atoms with Crippen molar-refractivity contribution >= 4 is 22.4 Å². The number of hydrogen-bond donors (Lipinski definition) is 2. The summed E-state index contributed by atoms with van der Waals surface area (Å²) in [4.78, 5) is 15.5. The molecule has 1 fully saturated rings. The zero-order chi connectivity index (χ0) is 12.5. The Labute approximate surface area is 105 Å². The van der Waals surface area contributed by atoms with E-state index in [-0.39, 0.29) is 0 Å². The van der Waals surface area contributed by atoms with E-state index in [0.717, 1.165) is 17.6 Å². The van der Waals surface area contributed by atoms with Gasteiger partial charge in [-0.3, -0.25) is 4.79 Å². The average Bonchev–Trinajstić information content (AvgIpc) is 2.64. The van der Waals surface area contributed by atoms with E-state index in [1.54, 1.807) is 13.8 Å². The molecule has 0 radical (unpaired) electrons. The molecule has 0 unspecified atom stereocenters. The molecule has 1 aromatic rings. The monoisotopic (exact) mass is 254 g/mol. The smallest absolute Gasteiger partial charge is 0.315 e. The number of rotatable bonds is 5. The number of anilines is 1. The first-order valence-electron chi connectivity index (χ1n) is 5.93. The predicted octanol–water partition coefficient (Wildman–Crippen LogP) is 2.72. The van der Waals surface area contributed by atoms with E-state index in [1.165, 1.54) is 30.6 Å². The number of carboxylic acids is 1. The summed E-state index contributed by atoms with van der Waals surface area (Å²) in [6.45, 7) is 4.32. The number of aliphatic carboxylic acids is 1. The highest BCUT2D eigenvalue weighted by molar-refractivity contribution is 7.13. The molecule has 0 spiro atoms. The second-order valence-corrected chi connectivity index (χ2v) is 6.00. The van der Waals surface area contributed by atoms with Crippen molar-refractivity contribution in [2.24, 2.45) is 5.92 Å². The molecule has 0 saturated heterocycles. The summed E-state index contributed by atoms with van der Waals surface area (Å²) in [6.07, 6.45) is 3.93. The van der Waals surface area contributed by atoms with Gasteiger partial charge in [-0.05, 0) is 32.6 Å². The van der Waals surface area contributed by atoms with Gasteiger partial charge in [-0.2, -0.15) is 0 Å². The van der Waals surface area contributed by atoms with Crippen molar-refractivity contribution < 1.29 is 9.90 Å². The lowest BCUT2D eigenvalue weighted by Crippen LogP contribution is -2.29. The molecular formula is C12H18N2O2S. The normalized spacial score (nSPS) is 16.6.